The van der Waals surface area contributed by atoms with Gasteiger partial charge in [0.15, 0.2) is 0 Å². The maximum atomic E-state index is 12.5. The monoisotopic (exact) mass is 390 g/mol. The molecule has 2 N–H and O–H groups in total. The van der Waals surface area contributed by atoms with Crippen LogP contribution < -0.4 is 10.1 Å². The second-order valence-electron chi connectivity index (χ2n) is 7.55. The largest absolute Gasteiger partial charge is 0.497 e. The van der Waals surface area contributed by atoms with Crippen molar-refractivity contribution < 1.29 is 14.6 Å². The molecule has 3 aromatic carbocycles. The molecule has 0 fully saturated rings. The second-order valence-corrected chi connectivity index (χ2v) is 7.55. The van der Waals surface area contributed by atoms with Gasteiger partial charge in [-0.15, -0.1) is 0 Å². The number of methoxy groups -OCH3 is 1. The van der Waals surface area contributed by atoms with Gasteiger partial charge in [0.25, 0.3) is 5.91 Å². The SMILES string of the molecule is COc1ccc2cc(C(=O)NC[C@H](O)CN3CCc4ccccc4C3)ccc2c1. The summed E-state index contributed by atoms with van der Waals surface area (Å²) in [5.74, 6) is 0.615. The maximum Gasteiger partial charge on any atom is 0.251 e. The highest BCUT2D eigenvalue weighted by molar-refractivity contribution is 5.98. The van der Waals surface area contributed by atoms with Gasteiger partial charge in [0.1, 0.15) is 5.75 Å². The van der Waals surface area contributed by atoms with Crippen LogP contribution in [0.1, 0.15) is 21.5 Å². The van der Waals surface area contributed by atoms with Crippen LogP contribution in [0.5, 0.6) is 5.75 Å². The highest BCUT2D eigenvalue weighted by Gasteiger charge is 2.19. The molecule has 5 heteroatoms. The molecule has 1 heterocycles. The lowest BCUT2D eigenvalue weighted by molar-refractivity contribution is 0.0842. The summed E-state index contributed by atoms with van der Waals surface area (Å²) in [5, 5.41) is 15.3. The van der Waals surface area contributed by atoms with Gasteiger partial charge in [-0.25, -0.2) is 0 Å². The standard InChI is InChI=1S/C24H26N2O3/c1-29-23-9-8-18-12-20(7-6-19(18)13-23)24(28)25-14-22(27)16-26-11-10-17-4-2-3-5-21(17)15-26/h2-9,12-13,22,27H,10-11,14-16H2,1H3,(H,25,28)/t22-/m0/s1. The number of aliphatic hydroxyl groups is 1. The van der Waals surface area contributed by atoms with E-state index in [-0.39, 0.29) is 12.5 Å². The van der Waals surface area contributed by atoms with Crippen molar-refractivity contribution in [2.45, 2.75) is 19.1 Å². The normalized spacial score (nSPS) is 15.0. The van der Waals surface area contributed by atoms with Gasteiger partial charge < -0.3 is 15.2 Å². The number of rotatable bonds is 6. The quantitative estimate of drug-likeness (QED) is 0.679. The summed E-state index contributed by atoms with van der Waals surface area (Å²) in [6.45, 7) is 2.55. The summed E-state index contributed by atoms with van der Waals surface area (Å²) < 4.78 is 5.24. The summed E-state index contributed by atoms with van der Waals surface area (Å²) in [6, 6.07) is 19.8. The van der Waals surface area contributed by atoms with Crippen LogP contribution in [0.15, 0.2) is 60.7 Å². The van der Waals surface area contributed by atoms with Crippen LogP contribution >= 0.6 is 0 Å². The molecule has 1 amide bonds. The molecule has 0 bridgehead atoms. The van der Waals surface area contributed by atoms with Crippen LogP contribution in [0.3, 0.4) is 0 Å². The Bertz CT molecular complexity index is 1020. The molecule has 0 aliphatic carbocycles. The Morgan fingerprint density at radius 2 is 1.86 bits per heavy atom. The van der Waals surface area contributed by atoms with E-state index in [1.807, 2.05) is 30.3 Å². The molecule has 1 aliphatic rings. The van der Waals surface area contributed by atoms with Crippen LogP contribution in [0, 0.1) is 0 Å². The second kappa shape index (κ2) is 8.64. The van der Waals surface area contributed by atoms with Crippen molar-refractivity contribution in [2.75, 3.05) is 26.7 Å². The summed E-state index contributed by atoms with van der Waals surface area (Å²) in [4.78, 5) is 14.7. The number of aliphatic hydroxyl groups excluding tert-OH is 1. The zero-order valence-electron chi connectivity index (χ0n) is 16.6. The molecule has 29 heavy (non-hydrogen) atoms. The third-order valence-corrected chi connectivity index (χ3v) is 5.49. The van der Waals surface area contributed by atoms with Crippen molar-refractivity contribution in [3.8, 4) is 5.75 Å². The van der Waals surface area contributed by atoms with E-state index in [1.54, 1.807) is 13.2 Å². The van der Waals surface area contributed by atoms with Gasteiger partial charge in [0.2, 0.25) is 0 Å². The van der Waals surface area contributed by atoms with E-state index in [2.05, 4.69) is 34.5 Å². The molecule has 4 rings (SSSR count). The number of ether oxygens (including phenoxy) is 1. The van der Waals surface area contributed by atoms with Gasteiger partial charge >= 0.3 is 0 Å². The number of hydrogen-bond acceptors (Lipinski definition) is 4. The third-order valence-electron chi connectivity index (χ3n) is 5.49. The Morgan fingerprint density at radius 3 is 2.69 bits per heavy atom. The Labute approximate surface area is 170 Å². The van der Waals surface area contributed by atoms with E-state index in [4.69, 9.17) is 4.74 Å². The Morgan fingerprint density at radius 1 is 1.10 bits per heavy atom. The van der Waals surface area contributed by atoms with Gasteiger partial charge in [-0.2, -0.15) is 0 Å². The minimum absolute atomic E-state index is 0.175. The average Bonchev–Trinajstić information content (AvgIpc) is 2.76. The molecule has 150 valence electrons. The van der Waals surface area contributed by atoms with E-state index < -0.39 is 6.10 Å². The number of nitrogens with zero attached hydrogens (tertiary/aromatic N) is 1. The summed E-state index contributed by atoms with van der Waals surface area (Å²) in [6.07, 6.45) is 0.394. The van der Waals surface area contributed by atoms with Crippen LogP contribution in [-0.2, 0) is 13.0 Å². The zero-order valence-corrected chi connectivity index (χ0v) is 16.6. The fourth-order valence-electron chi connectivity index (χ4n) is 3.88. The lowest BCUT2D eigenvalue weighted by atomic mass is 10.00. The summed E-state index contributed by atoms with van der Waals surface area (Å²) in [5.41, 5.74) is 3.30. The highest BCUT2D eigenvalue weighted by atomic mass is 16.5. The highest BCUT2D eigenvalue weighted by Crippen LogP contribution is 2.22. The number of carbonyl (C=O) groups is 1. The first-order valence-electron chi connectivity index (χ1n) is 9.95. The van der Waals surface area contributed by atoms with Crippen LogP contribution in [0.4, 0.5) is 0 Å². The van der Waals surface area contributed by atoms with Crippen LogP contribution in [-0.4, -0.2) is 48.8 Å². The van der Waals surface area contributed by atoms with E-state index >= 15 is 0 Å². The number of benzene rings is 3. The molecule has 1 aliphatic heterocycles. The predicted molar refractivity (Wildman–Crippen MR) is 114 cm³/mol. The summed E-state index contributed by atoms with van der Waals surface area (Å²) >= 11 is 0. The molecular weight excluding hydrogens is 364 g/mol. The molecule has 1 atom stereocenters. The van der Waals surface area contributed by atoms with Crippen molar-refractivity contribution in [1.82, 2.24) is 10.2 Å². The van der Waals surface area contributed by atoms with Crippen LogP contribution in [0.25, 0.3) is 10.8 Å². The lowest BCUT2D eigenvalue weighted by Crippen LogP contribution is -2.42. The minimum Gasteiger partial charge on any atom is -0.497 e. The van der Waals surface area contributed by atoms with E-state index in [1.165, 1.54) is 11.1 Å². The van der Waals surface area contributed by atoms with E-state index in [9.17, 15) is 9.90 Å². The Kier molecular flexibility index (Phi) is 5.79. The Hall–Kier alpha value is -2.89. The molecule has 0 aromatic heterocycles. The van der Waals surface area contributed by atoms with Gasteiger partial charge in [-0.3, -0.25) is 9.69 Å². The first kappa shape index (κ1) is 19.4. The number of hydrogen-bond donors (Lipinski definition) is 2. The van der Waals surface area contributed by atoms with Gasteiger partial charge in [0, 0.05) is 31.7 Å². The number of amides is 1. The number of fused-ring (bicyclic) bond motifs is 2. The molecule has 0 spiro atoms. The molecule has 5 nitrogen and oxygen atoms in total. The molecule has 0 saturated carbocycles. The molecule has 0 unspecified atom stereocenters. The van der Waals surface area contributed by atoms with Crippen molar-refractivity contribution in [3.05, 3.63) is 77.4 Å². The molecule has 0 saturated heterocycles. The fourth-order valence-corrected chi connectivity index (χ4v) is 3.88. The minimum atomic E-state index is -0.603. The van der Waals surface area contributed by atoms with E-state index in [0.717, 1.165) is 36.0 Å². The van der Waals surface area contributed by atoms with Crippen molar-refractivity contribution in [1.29, 1.82) is 0 Å². The maximum absolute atomic E-state index is 12.5. The molecule has 3 aromatic rings. The fraction of sp³-hybridized carbons (Fsp3) is 0.292. The number of carbonyl (C=O) groups excluding carboxylic acids is 1. The Balaban J connectivity index is 1.32. The van der Waals surface area contributed by atoms with Crippen molar-refractivity contribution in [2.24, 2.45) is 0 Å². The van der Waals surface area contributed by atoms with Crippen LogP contribution in [0.2, 0.25) is 0 Å². The van der Waals surface area contributed by atoms with Crippen molar-refractivity contribution in [3.63, 3.8) is 0 Å². The average molecular weight is 390 g/mol. The lowest BCUT2D eigenvalue weighted by Gasteiger charge is -2.30. The van der Waals surface area contributed by atoms with Gasteiger partial charge in [0.05, 0.1) is 13.2 Å². The topological polar surface area (TPSA) is 61.8 Å². The number of β-amino-alcohol motifs (C(OH)–C–C–N with tert-alkyl or cyclic N) is 1. The first-order valence-corrected chi connectivity index (χ1v) is 9.95. The third kappa shape index (κ3) is 4.58. The first-order chi connectivity index (χ1) is 14.1. The number of nitrogens with one attached hydrogen (secondary N) is 1. The predicted octanol–water partition coefficient (Wildman–Crippen LogP) is 3.00. The van der Waals surface area contributed by atoms with E-state index in [0.29, 0.717) is 12.1 Å². The molecule has 0 radical (unpaired) electrons. The van der Waals surface area contributed by atoms with Gasteiger partial charge in [-0.1, -0.05) is 36.4 Å². The molecular formula is C24H26N2O3. The van der Waals surface area contributed by atoms with Crippen molar-refractivity contribution >= 4 is 16.7 Å². The summed E-state index contributed by atoms with van der Waals surface area (Å²) in [7, 11) is 1.64. The van der Waals surface area contributed by atoms with Gasteiger partial charge in [-0.05, 0) is 52.6 Å². The zero-order chi connectivity index (χ0) is 20.2. The smallest absolute Gasteiger partial charge is 0.251 e.